The molecule has 2 atom stereocenters. The van der Waals surface area contributed by atoms with Crippen molar-refractivity contribution < 1.29 is 14.6 Å². The summed E-state index contributed by atoms with van der Waals surface area (Å²) in [5.74, 6) is -0.644. The van der Waals surface area contributed by atoms with Crippen molar-refractivity contribution in [3.63, 3.8) is 0 Å². The molecule has 2 rings (SSSR count). The van der Waals surface area contributed by atoms with Crippen molar-refractivity contribution in [1.82, 2.24) is 0 Å². The van der Waals surface area contributed by atoms with E-state index in [4.69, 9.17) is 21.1 Å². The van der Waals surface area contributed by atoms with Gasteiger partial charge in [-0.2, -0.15) is 0 Å². The number of rotatable bonds is 2. The summed E-state index contributed by atoms with van der Waals surface area (Å²) in [5.41, 5.74) is 0. The zero-order valence-corrected chi connectivity index (χ0v) is 10.1. The van der Waals surface area contributed by atoms with E-state index in [0.717, 1.165) is 9.21 Å². The van der Waals surface area contributed by atoms with Gasteiger partial charge in [0.2, 0.25) is 0 Å². The molecule has 1 aromatic rings. The first-order valence-electron chi connectivity index (χ1n) is 4.73. The highest BCUT2D eigenvalue weighted by Crippen LogP contribution is 2.41. The Bertz CT molecular complexity index is 350. The van der Waals surface area contributed by atoms with Gasteiger partial charge in [-0.1, -0.05) is 11.6 Å². The highest BCUT2D eigenvalue weighted by Gasteiger charge is 2.42. The van der Waals surface area contributed by atoms with Crippen LogP contribution in [0, 0.1) is 0 Å². The standard InChI is InChI=1S/C10H13ClO3S/c1-10(2)13-6(5-12)9(14-10)7-3-4-8(11)15-7/h3-4,6,9,12H,5H2,1-2H3. The number of hydrogen-bond donors (Lipinski definition) is 1. The van der Waals surface area contributed by atoms with E-state index in [1.54, 1.807) is 0 Å². The predicted octanol–water partition coefficient (Wildman–Crippen LogP) is 2.59. The van der Waals surface area contributed by atoms with Gasteiger partial charge in [-0.3, -0.25) is 0 Å². The molecule has 0 bridgehead atoms. The average Bonchev–Trinajstić information content (AvgIpc) is 2.69. The van der Waals surface area contributed by atoms with Gasteiger partial charge in [-0.25, -0.2) is 0 Å². The van der Waals surface area contributed by atoms with Gasteiger partial charge in [-0.05, 0) is 26.0 Å². The molecule has 1 aliphatic rings. The van der Waals surface area contributed by atoms with Crippen molar-refractivity contribution in [3.8, 4) is 0 Å². The van der Waals surface area contributed by atoms with Crippen LogP contribution in [0.2, 0.25) is 4.34 Å². The summed E-state index contributed by atoms with van der Waals surface area (Å²) in [4.78, 5) is 0.990. The van der Waals surface area contributed by atoms with Gasteiger partial charge in [0.25, 0.3) is 0 Å². The van der Waals surface area contributed by atoms with Crippen molar-refractivity contribution in [2.45, 2.75) is 31.8 Å². The molecule has 1 saturated heterocycles. The monoisotopic (exact) mass is 248 g/mol. The Morgan fingerprint density at radius 1 is 1.47 bits per heavy atom. The van der Waals surface area contributed by atoms with E-state index < -0.39 is 5.79 Å². The van der Waals surface area contributed by atoms with Crippen LogP contribution < -0.4 is 0 Å². The molecule has 0 aromatic carbocycles. The summed E-state index contributed by atoms with van der Waals surface area (Å²) in [7, 11) is 0. The first-order chi connectivity index (χ1) is 7.02. The van der Waals surface area contributed by atoms with Crippen LogP contribution in [0.3, 0.4) is 0 Å². The Morgan fingerprint density at radius 3 is 2.73 bits per heavy atom. The van der Waals surface area contributed by atoms with Crippen LogP contribution in [0.1, 0.15) is 24.8 Å². The second kappa shape index (κ2) is 4.03. The fourth-order valence-electron chi connectivity index (χ4n) is 1.69. The van der Waals surface area contributed by atoms with E-state index in [0.29, 0.717) is 0 Å². The van der Waals surface area contributed by atoms with Crippen molar-refractivity contribution in [2.75, 3.05) is 6.61 Å². The molecule has 2 unspecified atom stereocenters. The molecule has 0 spiro atoms. The normalized spacial score (nSPS) is 29.6. The topological polar surface area (TPSA) is 38.7 Å². The van der Waals surface area contributed by atoms with E-state index in [-0.39, 0.29) is 18.8 Å². The Kier molecular flexibility index (Phi) is 3.05. The van der Waals surface area contributed by atoms with Crippen LogP contribution in [-0.4, -0.2) is 23.6 Å². The van der Waals surface area contributed by atoms with Gasteiger partial charge in [0.1, 0.15) is 12.2 Å². The Morgan fingerprint density at radius 2 is 2.20 bits per heavy atom. The molecular weight excluding hydrogens is 236 g/mol. The second-order valence-electron chi connectivity index (χ2n) is 3.92. The molecule has 0 amide bonds. The van der Waals surface area contributed by atoms with E-state index >= 15 is 0 Å². The minimum Gasteiger partial charge on any atom is -0.394 e. The molecule has 3 nitrogen and oxygen atoms in total. The Balaban J connectivity index is 2.21. The predicted molar refractivity (Wildman–Crippen MR) is 59.2 cm³/mol. The van der Waals surface area contributed by atoms with Gasteiger partial charge < -0.3 is 14.6 Å². The molecule has 15 heavy (non-hydrogen) atoms. The van der Waals surface area contributed by atoms with Gasteiger partial charge in [-0.15, -0.1) is 11.3 Å². The zero-order chi connectivity index (χ0) is 11.1. The molecule has 1 N–H and O–H groups in total. The van der Waals surface area contributed by atoms with Gasteiger partial charge >= 0.3 is 0 Å². The highest BCUT2D eigenvalue weighted by atomic mass is 35.5. The summed E-state index contributed by atoms with van der Waals surface area (Å²) < 4.78 is 12.0. The maximum Gasteiger partial charge on any atom is 0.164 e. The summed E-state index contributed by atoms with van der Waals surface area (Å²) in [6.07, 6.45) is -0.530. The van der Waals surface area contributed by atoms with E-state index in [9.17, 15) is 5.11 Å². The maximum absolute atomic E-state index is 9.20. The lowest BCUT2D eigenvalue weighted by Crippen LogP contribution is -2.23. The Labute approximate surface area is 97.6 Å². The lowest BCUT2D eigenvalue weighted by Gasteiger charge is -2.16. The molecule has 1 fully saturated rings. The molecule has 5 heteroatoms. The fourth-order valence-corrected chi connectivity index (χ4v) is 2.83. The van der Waals surface area contributed by atoms with Crippen molar-refractivity contribution >= 4 is 22.9 Å². The second-order valence-corrected chi connectivity index (χ2v) is 5.67. The summed E-state index contributed by atoms with van der Waals surface area (Å²) >= 11 is 7.31. The van der Waals surface area contributed by atoms with Crippen molar-refractivity contribution in [3.05, 3.63) is 21.3 Å². The SMILES string of the molecule is CC1(C)OC(CO)C(c2ccc(Cl)s2)O1. The van der Waals surface area contributed by atoms with E-state index in [2.05, 4.69) is 0 Å². The smallest absolute Gasteiger partial charge is 0.164 e. The number of ether oxygens (including phenoxy) is 2. The lowest BCUT2D eigenvalue weighted by molar-refractivity contribution is -0.149. The molecule has 1 aromatic heterocycles. The number of thiophene rings is 1. The molecule has 0 saturated carbocycles. The minimum absolute atomic E-state index is 0.0520. The molecule has 0 radical (unpaired) electrons. The lowest BCUT2D eigenvalue weighted by atomic mass is 10.2. The fraction of sp³-hybridized carbons (Fsp3) is 0.600. The van der Waals surface area contributed by atoms with Crippen LogP contribution in [0.4, 0.5) is 0 Å². The summed E-state index contributed by atoms with van der Waals surface area (Å²) in [6.45, 7) is 3.62. The molecule has 84 valence electrons. The summed E-state index contributed by atoms with van der Waals surface area (Å²) in [5, 5.41) is 9.20. The molecular formula is C10H13ClO3S. The number of hydrogen-bond acceptors (Lipinski definition) is 4. The van der Waals surface area contributed by atoms with E-state index in [1.165, 1.54) is 11.3 Å². The molecule has 0 aliphatic carbocycles. The number of halogens is 1. The number of aliphatic hydroxyl groups is 1. The summed E-state index contributed by atoms with van der Waals surface area (Å²) in [6, 6.07) is 3.73. The van der Waals surface area contributed by atoms with Crippen molar-refractivity contribution in [2.24, 2.45) is 0 Å². The minimum atomic E-state index is -0.644. The van der Waals surface area contributed by atoms with Crippen LogP contribution in [-0.2, 0) is 9.47 Å². The quantitative estimate of drug-likeness (QED) is 0.874. The first kappa shape index (κ1) is 11.4. The molecule has 1 aliphatic heterocycles. The van der Waals surface area contributed by atoms with Gasteiger partial charge in [0.05, 0.1) is 10.9 Å². The zero-order valence-electron chi connectivity index (χ0n) is 8.57. The molecule has 2 heterocycles. The Hall–Kier alpha value is -0.130. The van der Waals surface area contributed by atoms with Crippen LogP contribution in [0.15, 0.2) is 12.1 Å². The number of aliphatic hydroxyl groups excluding tert-OH is 1. The third kappa shape index (κ3) is 2.34. The van der Waals surface area contributed by atoms with Crippen LogP contribution >= 0.6 is 22.9 Å². The highest BCUT2D eigenvalue weighted by molar-refractivity contribution is 7.16. The largest absolute Gasteiger partial charge is 0.394 e. The third-order valence-corrected chi connectivity index (χ3v) is 3.53. The maximum atomic E-state index is 9.20. The average molecular weight is 249 g/mol. The first-order valence-corrected chi connectivity index (χ1v) is 5.93. The van der Waals surface area contributed by atoms with Crippen molar-refractivity contribution in [1.29, 1.82) is 0 Å². The van der Waals surface area contributed by atoms with Crippen LogP contribution in [0.5, 0.6) is 0 Å². The van der Waals surface area contributed by atoms with Gasteiger partial charge in [0.15, 0.2) is 5.79 Å². The van der Waals surface area contributed by atoms with Crippen LogP contribution in [0.25, 0.3) is 0 Å². The van der Waals surface area contributed by atoms with Gasteiger partial charge in [0, 0.05) is 4.88 Å². The van der Waals surface area contributed by atoms with E-state index in [1.807, 2.05) is 26.0 Å². The third-order valence-electron chi connectivity index (χ3n) is 2.24.